The van der Waals surface area contributed by atoms with E-state index in [1.165, 1.54) is 5.56 Å². The van der Waals surface area contributed by atoms with Gasteiger partial charge in [0.2, 0.25) is 5.91 Å². The van der Waals surface area contributed by atoms with Crippen LogP contribution in [0.5, 0.6) is 0 Å². The SMILES string of the molecule is O=C(O)CC(NC(=O)OCC1c2ccccc2-c2ccccc21)C(=O)NCC1CCN1Cc1ccccc1. The number of benzene rings is 3. The molecule has 2 aliphatic rings. The first-order valence-corrected chi connectivity index (χ1v) is 12.9. The Hall–Kier alpha value is -4.17. The monoisotopic (exact) mass is 513 g/mol. The summed E-state index contributed by atoms with van der Waals surface area (Å²) < 4.78 is 5.51. The van der Waals surface area contributed by atoms with Gasteiger partial charge in [-0.2, -0.15) is 0 Å². The zero-order valence-corrected chi connectivity index (χ0v) is 21.0. The molecule has 5 rings (SSSR count). The number of rotatable bonds is 10. The lowest BCUT2D eigenvalue weighted by Gasteiger charge is -2.41. The molecule has 3 N–H and O–H groups in total. The van der Waals surface area contributed by atoms with Gasteiger partial charge < -0.3 is 20.5 Å². The molecule has 8 heteroatoms. The lowest BCUT2D eigenvalue weighted by Crippen LogP contribution is -2.55. The molecular weight excluding hydrogens is 482 g/mol. The molecule has 8 nitrogen and oxygen atoms in total. The van der Waals surface area contributed by atoms with E-state index in [9.17, 15) is 19.5 Å². The zero-order chi connectivity index (χ0) is 26.5. The molecule has 0 aromatic heterocycles. The smallest absolute Gasteiger partial charge is 0.407 e. The minimum absolute atomic E-state index is 0.0811. The van der Waals surface area contributed by atoms with Crippen molar-refractivity contribution in [1.29, 1.82) is 0 Å². The number of aliphatic carboxylic acids is 1. The van der Waals surface area contributed by atoms with Gasteiger partial charge in [-0.3, -0.25) is 14.5 Å². The van der Waals surface area contributed by atoms with Crippen molar-refractivity contribution in [3.63, 3.8) is 0 Å². The molecule has 1 fully saturated rings. The van der Waals surface area contributed by atoms with E-state index < -0.39 is 30.4 Å². The Kier molecular flexibility index (Phi) is 7.70. The van der Waals surface area contributed by atoms with Crippen LogP contribution in [0, 0.1) is 0 Å². The lowest BCUT2D eigenvalue weighted by atomic mass is 9.98. The fraction of sp³-hybridized carbons (Fsp3) is 0.300. The molecule has 1 aliphatic heterocycles. The largest absolute Gasteiger partial charge is 0.481 e. The number of nitrogens with zero attached hydrogens (tertiary/aromatic N) is 1. The highest BCUT2D eigenvalue weighted by atomic mass is 16.5. The van der Waals surface area contributed by atoms with Gasteiger partial charge in [-0.25, -0.2) is 4.79 Å². The van der Waals surface area contributed by atoms with E-state index >= 15 is 0 Å². The third-order valence-electron chi connectivity index (χ3n) is 7.34. The van der Waals surface area contributed by atoms with Crippen LogP contribution in [0.4, 0.5) is 4.79 Å². The quantitative estimate of drug-likeness (QED) is 0.381. The summed E-state index contributed by atoms with van der Waals surface area (Å²) in [6.07, 6.45) is -0.409. The number of carboxylic acid groups (broad SMARTS) is 1. The molecule has 2 amide bonds. The van der Waals surface area contributed by atoms with Crippen LogP contribution in [-0.2, 0) is 20.9 Å². The van der Waals surface area contributed by atoms with Gasteiger partial charge in [-0.1, -0.05) is 78.9 Å². The molecule has 196 valence electrons. The van der Waals surface area contributed by atoms with Crippen molar-refractivity contribution in [2.75, 3.05) is 19.7 Å². The maximum absolute atomic E-state index is 12.8. The molecule has 1 saturated heterocycles. The Labute approximate surface area is 221 Å². The fourth-order valence-corrected chi connectivity index (χ4v) is 5.26. The van der Waals surface area contributed by atoms with Crippen molar-refractivity contribution in [3.8, 4) is 11.1 Å². The molecule has 0 spiro atoms. The average Bonchev–Trinajstić information content (AvgIpc) is 3.23. The Morgan fingerprint density at radius 1 is 0.921 bits per heavy atom. The van der Waals surface area contributed by atoms with Gasteiger partial charge in [-0.05, 0) is 34.2 Å². The molecule has 2 unspecified atom stereocenters. The summed E-state index contributed by atoms with van der Waals surface area (Å²) in [5, 5.41) is 14.6. The van der Waals surface area contributed by atoms with E-state index in [1.807, 2.05) is 66.7 Å². The highest BCUT2D eigenvalue weighted by Gasteiger charge is 2.32. The highest BCUT2D eigenvalue weighted by molar-refractivity contribution is 5.89. The predicted molar refractivity (Wildman–Crippen MR) is 143 cm³/mol. The number of alkyl carbamates (subject to hydrolysis) is 1. The Balaban J connectivity index is 1.15. The second-order valence-electron chi connectivity index (χ2n) is 9.76. The summed E-state index contributed by atoms with van der Waals surface area (Å²) in [7, 11) is 0. The Morgan fingerprint density at radius 3 is 2.16 bits per heavy atom. The summed E-state index contributed by atoms with van der Waals surface area (Å²) in [6.45, 7) is 2.19. The van der Waals surface area contributed by atoms with Crippen LogP contribution in [0.15, 0.2) is 78.9 Å². The minimum Gasteiger partial charge on any atom is -0.481 e. The molecule has 0 saturated carbocycles. The van der Waals surface area contributed by atoms with Crippen molar-refractivity contribution < 1.29 is 24.2 Å². The summed E-state index contributed by atoms with van der Waals surface area (Å²) in [6, 6.07) is 25.0. The summed E-state index contributed by atoms with van der Waals surface area (Å²) >= 11 is 0. The number of hydrogen-bond acceptors (Lipinski definition) is 5. The van der Waals surface area contributed by atoms with E-state index in [0.717, 1.165) is 41.8 Å². The van der Waals surface area contributed by atoms with E-state index in [0.29, 0.717) is 6.54 Å². The maximum atomic E-state index is 12.8. The number of hydrogen-bond donors (Lipinski definition) is 3. The number of nitrogens with one attached hydrogen (secondary N) is 2. The molecule has 0 bridgehead atoms. The van der Waals surface area contributed by atoms with Gasteiger partial charge in [-0.15, -0.1) is 0 Å². The molecule has 38 heavy (non-hydrogen) atoms. The van der Waals surface area contributed by atoms with Crippen molar-refractivity contribution in [1.82, 2.24) is 15.5 Å². The first kappa shape index (κ1) is 25.5. The minimum atomic E-state index is -1.23. The Morgan fingerprint density at radius 2 is 1.55 bits per heavy atom. The van der Waals surface area contributed by atoms with Crippen molar-refractivity contribution in [2.24, 2.45) is 0 Å². The molecule has 1 heterocycles. The third-order valence-corrected chi connectivity index (χ3v) is 7.34. The lowest BCUT2D eigenvalue weighted by molar-refractivity contribution is -0.139. The van der Waals surface area contributed by atoms with Gasteiger partial charge in [0, 0.05) is 31.6 Å². The van der Waals surface area contributed by atoms with E-state index in [4.69, 9.17) is 4.74 Å². The topological polar surface area (TPSA) is 108 Å². The van der Waals surface area contributed by atoms with Crippen molar-refractivity contribution in [2.45, 2.75) is 37.4 Å². The molecule has 2 atom stereocenters. The van der Waals surface area contributed by atoms with Crippen molar-refractivity contribution >= 4 is 18.0 Å². The second-order valence-corrected chi connectivity index (χ2v) is 9.76. The predicted octanol–water partition coefficient (Wildman–Crippen LogP) is 3.76. The van der Waals surface area contributed by atoms with Gasteiger partial charge in [0.1, 0.15) is 12.6 Å². The third kappa shape index (κ3) is 5.70. The summed E-state index contributed by atoms with van der Waals surface area (Å²) in [4.78, 5) is 39.2. The normalized spacial score (nSPS) is 17.0. The van der Waals surface area contributed by atoms with E-state index in [2.05, 4.69) is 27.7 Å². The fourth-order valence-electron chi connectivity index (χ4n) is 5.26. The molecule has 0 radical (unpaired) electrons. The molecular formula is C30H31N3O5. The molecule has 3 aromatic carbocycles. The Bertz CT molecular complexity index is 1270. The van der Waals surface area contributed by atoms with Crippen LogP contribution in [-0.4, -0.2) is 59.8 Å². The van der Waals surface area contributed by atoms with Crippen LogP contribution in [0.3, 0.4) is 0 Å². The first-order chi connectivity index (χ1) is 18.5. The summed E-state index contributed by atoms with van der Waals surface area (Å²) in [5.41, 5.74) is 5.56. The van der Waals surface area contributed by atoms with Crippen LogP contribution in [0.1, 0.15) is 35.4 Å². The highest BCUT2D eigenvalue weighted by Crippen LogP contribution is 2.44. The zero-order valence-electron chi connectivity index (χ0n) is 21.0. The number of carbonyl (C=O) groups excluding carboxylic acids is 2. The second kappa shape index (κ2) is 11.5. The maximum Gasteiger partial charge on any atom is 0.407 e. The van der Waals surface area contributed by atoms with Gasteiger partial charge in [0.05, 0.1) is 6.42 Å². The number of likely N-dealkylation sites (tertiary alicyclic amines) is 1. The average molecular weight is 514 g/mol. The number of carboxylic acids is 1. The number of carbonyl (C=O) groups is 3. The number of ether oxygens (including phenoxy) is 1. The van der Waals surface area contributed by atoms with Crippen LogP contribution < -0.4 is 10.6 Å². The van der Waals surface area contributed by atoms with Crippen LogP contribution >= 0.6 is 0 Å². The number of fused-ring (bicyclic) bond motifs is 3. The first-order valence-electron chi connectivity index (χ1n) is 12.9. The molecule has 1 aliphatic carbocycles. The van der Waals surface area contributed by atoms with Gasteiger partial charge in [0.15, 0.2) is 0 Å². The molecule has 3 aromatic rings. The van der Waals surface area contributed by atoms with Gasteiger partial charge in [0.25, 0.3) is 0 Å². The van der Waals surface area contributed by atoms with Crippen LogP contribution in [0.25, 0.3) is 11.1 Å². The van der Waals surface area contributed by atoms with Crippen molar-refractivity contribution in [3.05, 3.63) is 95.6 Å². The van der Waals surface area contributed by atoms with Crippen LogP contribution in [0.2, 0.25) is 0 Å². The van der Waals surface area contributed by atoms with Gasteiger partial charge >= 0.3 is 12.1 Å². The summed E-state index contributed by atoms with van der Waals surface area (Å²) in [5.74, 6) is -1.85. The standard InChI is InChI=1S/C30H31N3O5/c34-28(35)16-27(29(36)31-17-21-14-15-33(21)18-20-8-2-1-3-9-20)32-30(37)38-19-26-24-12-6-4-10-22(24)23-11-5-7-13-25(23)26/h1-13,21,26-27H,14-19H2,(H,31,36)(H,32,37)(H,34,35). The van der Waals surface area contributed by atoms with E-state index in [-0.39, 0.29) is 18.6 Å². The number of amides is 2. The van der Waals surface area contributed by atoms with E-state index in [1.54, 1.807) is 0 Å².